The molecule has 0 aromatic heterocycles. The Labute approximate surface area is 229 Å². The van der Waals surface area contributed by atoms with Crippen molar-refractivity contribution in [3.63, 3.8) is 0 Å². The third-order valence-corrected chi connectivity index (χ3v) is 19.5. The average Bonchev–Trinajstić information content (AvgIpc) is 3.19. The van der Waals surface area contributed by atoms with Gasteiger partial charge in [-0.15, -0.1) is 0 Å². The molecule has 5 rings (SSSR count). The van der Waals surface area contributed by atoms with Crippen molar-refractivity contribution in [3.05, 3.63) is 130 Å². The van der Waals surface area contributed by atoms with Crippen molar-refractivity contribution in [1.82, 2.24) is 0 Å². The zero-order valence-electron chi connectivity index (χ0n) is 23.7. The zero-order valence-corrected chi connectivity index (χ0v) is 25.2. The molecule has 5 atom stereocenters. The van der Waals surface area contributed by atoms with Crippen molar-refractivity contribution in [3.8, 4) is 0 Å². The van der Waals surface area contributed by atoms with E-state index in [-0.39, 0.29) is 3.72 Å². The maximum absolute atomic E-state index is 2.86. The van der Waals surface area contributed by atoms with Gasteiger partial charge < -0.3 is 0 Å². The second kappa shape index (κ2) is 10.5. The van der Waals surface area contributed by atoms with Crippen LogP contribution in [-0.2, 0) is 30.8 Å². The Bertz CT molecular complexity index is 1170. The Hall–Kier alpha value is -2.15. The first-order valence-electron chi connectivity index (χ1n) is 14.3. The molecule has 5 unspecified atom stereocenters. The molecule has 2 aliphatic rings. The summed E-state index contributed by atoms with van der Waals surface area (Å²) in [7, 11) is 0. The van der Waals surface area contributed by atoms with E-state index >= 15 is 0 Å². The molecular weight excluding hydrogens is 480 g/mol. The van der Waals surface area contributed by atoms with Gasteiger partial charge in [-0.25, -0.2) is 0 Å². The van der Waals surface area contributed by atoms with Crippen molar-refractivity contribution >= 4 is 0 Å². The number of rotatable bonds is 7. The monoisotopic (exact) mass is 524 g/mol. The van der Waals surface area contributed by atoms with E-state index in [1.807, 2.05) is 5.57 Å². The molecule has 1 heteroatoms. The fourth-order valence-corrected chi connectivity index (χ4v) is 17.3. The Morgan fingerprint density at radius 3 is 1.38 bits per heavy atom. The fraction of sp³-hybridized carbons (Fsp3) is 0.389. The van der Waals surface area contributed by atoms with Gasteiger partial charge in [-0.2, -0.15) is 0 Å². The van der Waals surface area contributed by atoms with Crippen molar-refractivity contribution < 1.29 is 16.6 Å². The van der Waals surface area contributed by atoms with Crippen molar-refractivity contribution in [2.24, 2.45) is 23.7 Å². The predicted molar refractivity (Wildman–Crippen MR) is 156 cm³/mol. The number of benzene rings is 3. The number of hydrogen-bond acceptors (Lipinski definition) is 0. The molecule has 3 aromatic rings. The molecule has 0 bridgehead atoms. The van der Waals surface area contributed by atoms with Gasteiger partial charge >= 0.3 is 230 Å². The molecule has 0 radical (unpaired) electrons. The summed E-state index contributed by atoms with van der Waals surface area (Å²) >= 11 is -2.86. The molecule has 0 amide bonds. The van der Waals surface area contributed by atoms with Crippen molar-refractivity contribution in [2.75, 3.05) is 0 Å². The Balaban J connectivity index is 1.76. The summed E-state index contributed by atoms with van der Waals surface area (Å²) in [5.41, 5.74) is 9.66. The Kier molecular flexibility index (Phi) is 7.54. The van der Waals surface area contributed by atoms with Crippen LogP contribution in [0, 0.1) is 23.7 Å². The first kappa shape index (κ1) is 26.5. The van der Waals surface area contributed by atoms with E-state index in [2.05, 4.69) is 139 Å². The fourth-order valence-electron chi connectivity index (χ4n) is 7.98. The molecule has 0 fully saturated rings. The summed E-state index contributed by atoms with van der Waals surface area (Å²) in [4.78, 5) is 0. The third-order valence-electron chi connectivity index (χ3n) is 10.4. The topological polar surface area (TPSA) is 0 Å². The summed E-state index contributed by atoms with van der Waals surface area (Å²) in [5, 5.41) is 0. The molecule has 0 saturated carbocycles. The van der Waals surface area contributed by atoms with Crippen LogP contribution in [0.3, 0.4) is 0 Å². The van der Waals surface area contributed by atoms with E-state index in [4.69, 9.17) is 0 Å². The summed E-state index contributed by atoms with van der Waals surface area (Å²) in [6.45, 7) is 15.2. The Morgan fingerprint density at radius 2 is 0.973 bits per heavy atom. The summed E-state index contributed by atoms with van der Waals surface area (Å²) < 4.78 is 3.88. The van der Waals surface area contributed by atoms with Gasteiger partial charge in [0.25, 0.3) is 0 Å². The number of hydrogen-bond donors (Lipinski definition) is 0. The summed E-state index contributed by atoms with van der Waals surface area (Å²) in [5.74, 6) is 2.67. The van der Waals surface area contributed by atoms with E-state index < -0.39 is 16.6 Å². The average molecular weight is 525 g/mol. The van der Waals surface area contributed by atoms with Gasteiger partial charge in [-0.05, 0) is 0 Å². The van der Waals surface area contributed by atoms with E-state index in [1.54, 1.807) is 11.1 Å². The van der Waals surface area contributed by atoms with E-state index in [9.17, 15) is 0 Å². The predicted octanol–water partition coefficient (Wildman–Crippen LogP) is 9.73. The Morgan fingerprint density at radius 1 is 0.595 bits per heavy atom. The van der Waals surface area contributed by atoms with E-state index in [0.717, 1.165) is 5.92 Å². The minimum atomic E-state index is -2.86. The standard InChI is InChI=1S/C15H23.3C7H7.Ti/c1-8-7-9(2)15-13(6)11(4)10(3)12(5)14(8)15;3*1-7-5-3-2-4-6-7;/h7,10-13H,1-6H3;3*2-6H,1H2;. The molecule has 0 spiro atoms. The van der Waals surface area contributed by atoms with E-state index in [1.165, 1.54) is 30.9 Å². The first-order valence-corrected chi connectivity index (χ1v) is 18.4. The molecule has 37 heavy (non-hydrogen) atoms. The second-order valence-electron chi connectivity index (χ2n) is 12.4. The summed E-state index contributed by atoms with van der Waals surface area (Å²) in [6, 6.07) is 34.3. The molecule has 2 aliphatic carbocycles. The maximum atomic E-state index is 2.78. The molecule has 0 N–H and O–H groups in total. The summed E-state index contributed by atoms with van der Waals surface area (Å²) in [6.07, 6.45) is 2.78. The molecule has 0 heterocycles. The van der Waals surface area contributed by atoms with Crippen LogP contribution in [-0.4, -0.2) is 0 Å². The van der Waals surface area contributed by atoms with Crippen LogP contribution in [0.4, 0.5) is 0 Å². The van der Waals surface area contributed by atoms with E-state index in [0.29, 0.717) is 17.8 Å². The van der Waals surface area contributed by atoms with Crippen LogP contribution < -0.4 is 0 Å². The SMILES string of the molecule is CC1=C[C](C)([Ti]([CH2]c2ccccc2)([CH2]c2ccccc2)[CH2]c2ccccc2)C2=C1C(C)C(C)C(C)C2C. The van der Waals surface area contributed by atoms with Crippen LogP contribution in [0.25, 0.3) is 0 Å². The van der Waals surface area contributed by atoms with Gasteiger partial charge in [0, 0.05) is 0 Å². The second-order valence-corrected chi connectivity index (χ2v) is 19.7. The molecule has 192 valence electrons. The normalized spacial score (nSPS) is 27.7. The zero-order chi connectivity index (χ0) is 26.2. The molecule has 3 aromatic carbocycles. The van der Waals surface area contributed by atoms with Crippen molar-refractivity contribution in [1.29, 1.82) is 0 Å². The van der Waals surface area contributed by atoms with Gasteiger partial charge in [0.1, 0.15) is 0 Å². The van der Waals surface area contributed by atoms with Crippen LogP contribution in [0.15, 0.2) is 114 Å². The van der Waals surface area contributed by atoms with Crippen LogP contribution in [0.5, 0.6) is 0 Å². The van der Waals surface area contributed by atoms with Crippen LogP contribution >= 0.6 is 0 Å². The third kappa shape index (κ3) is 4.77. The molecule has 0 saturated heterocycles. The van der Waals surface area contributed by atoms with Gasteiger partial charge in [0.15, 0.2) is 0 Å². The quantitative estimate of drug-likeness (QED) is 0.270. The minimum absolute atomic E-state index is 0.156. The van der Waals surface area contributed by atoms with Gasteiger partial charge in [0.2, 0.25) is 0 Å². The van der Waals surface area contributed by atoms with Crippen molar-refractivity contribution in [2.45, 2.75) is 59.4 Å². The van der Waals surface area contributed by atoms with Gasteiger partial charge in [0.05, 0.1) is 0 Å². The van der Waals surface area contributed by atoms with Gasteiger partial charge in [-0.1, -0.05) is 0 Å². The molecular formula is C36H44Ti. The molecule has 0 nitrogen and oxygen atoms in total. The molecule has 0 aliphatic heterocycles. The van der Waals surface area contributed by atoms with Gasteiger partial charge in [-0.3, -0.25) is 0 Å². The van der Waals surface area contributed by atoms with Crippen LogP contribution in [0.2, 0.25) is 3.72 Å². The number of allylic oxidation sites excluding steroid dienone is 4. The first-order chi connectivity index (χ1) is 17.8. The van der Waals surface area contributed by atoms with Crippen LogP contribution in [0.1, 0.15) is 58.2 Å².